The summed E-state index contributed by atoms with van der Waals surface area (Å²) in [6.07, 6.45) is 29.4. The summed E-state index contributed by atoms with van der Waals surface area (Å²) in [7, 11) is 0. The summed E-state index contributed by atoms with van der Waals surface area (Å²) >= 11 is 0. The van der Waals surface area contributed by atoms with Crippen molar-refractivity contribution in [3.8, 4) is 5.69 Å². The molecule has 0 saturated carbocycles. The Morgan fingerprint density at radius 2 is 1.09 bits per heavy atom. The van der Waals surface area contributed by atoms with Gasteiger partial charge in [0.2, 0.25) is 0 Å². The van der Waals surface area contributed by atoms with Gasteiger partial charge < -0.3 is 0 Å². The number of hydrogen-bond donors (Lipinski definition) is 0. The summed E-state index contributed by atoms with van der Waals surface area (Å²) in [4.78, 5) is 0. The molecule has 0 aliphatic heterocycles. The van der Waals surface area contributed by atoms with E-state index in [1.54, 1.807) is 0 Å². The van der Waals surface area contributed by atoms with Crippen molar-refractivity contribution < 1.29 is 4.57 Å². The van der Waals surface area contributed by atoms with Crippen LogP contribution in [0.1, 0.15) is 129 Å². The molecule has 0 spiro atoms. The highest BCUT2D eigenvalue weighted by Crippen LogP contribution is 2.15. The molecule has 0 aliphatic carbocycles. The van der Waals surface area contributed by atoms with E-state index in [0.717, 1.165) is 0 Å². The maximum atomic E-state index is 2.54. The Kier molecular flexibility index (Phi) is 14.9. The molecule has 2 nitrogen and oxygen atoms in total. The summed E-state index contributed by atoms with van der Waals surface area (Å²) in [5, 5.41) is 0. The van der Waals surface area contributed by atoms with Gasteiger partial charge in [-0.3, -0.25) is 0 Å². The molecule has 2 rings (SSSR count). The van der Waals surface area contributed by atoms with Crippen LogP contribution in [0.15, 0.2) is 42.7 Å². The number of para-hydroxylation sites is 1. The number of benzene rings is 1. The largest absolute Gasteiger partial charge is 0.261 e. The summed E-state index contributed by atoms with van der Waals surface area (Å²) in [5.41, 5.74) is 1.30. The molecule has 0 radical (unpaired) electrons. The van der Waals surface area contributed by atoms with Gasteiger partial charge in [-0.15, -0.1) is 0 Å². The van der Waals surface area contributed by atoms with Gasteiger partial charge in [0, 0.05) is 6.42 Å². The Hall–Kier alpha value is -1.57. The molecule has 1 aromatic heterocycles. The van der Waals surface area contributed by atoms with E-state index >= 15 is 0 Å². The Labute approximate surface area is 199 Å². The minimum absolute atomic E-state index is 1.17. The molecule has 1 heterocycles. The Balaban J connectivity index is 1.77. The summed E-state index contributed by atoms with van der Waals surface area (Å²) in [6, 6.07) is 10.9. The van der Waals surface area contributed by atoms with Gasteiger partial charge in [-0.2, -0.15) is 4.57 Å². The first-order valence-electron chi connectivity index (χ1n) is 14.0. The van der Waals surface area contributed by atoms with E-state index in [1.807, 2.05) is 0 Å². The second-order valence-corrected chi connectivity index (χ2v) is 9.67. The average molecular weight is 440 g/mol. The molecule has 0 amide bonds. The van der Waals surface area contributed by atoms with Gasteiger partial charge in [0.15, 0.2) is 0 Å². The molecular weight excluding hydrogens is 388 g/mol. The molecular formula is C30H51N2+. The number of unbranched alkanes of at least 4 members (excludes halogenated alkanes) is 15. The zero-order valence-corrected chi connectivity index (χ0v) is 21.4. The van der Waals surface area contributed by atoms with Crippen LogP contribution in [0.3, 0.4) is 0 Å². The van der Waals surface area contributed by atoms with Crippen LogP contribution in [-0.2, 0) is 13.0 Å². The van der Waals surface area contributed by atoms with Crippen molar-refractivity contribution >= 4 is 0 Å². The van der Waals surface area contributed by atoms with E-state index in [4.69, 9.17) is 0 Å². The smallest absolute Gasteiger partial charge is 0.234 e. The molecule has 0 N–H and O–H groups in total. The van der Waals surface area contributed by atoms with E-state index in [9.17, 15) is 0 Å². The fourth-order valence-corrected chi connectivity index (χ4v) is 4.76. The van der Waals surface area contributed by atoms with Gasteiger partial charge in [-0.1, -0.05) is 122 Å². The molecule has 0 bridgehead atoms. The first-order valence-corrected chi connectivity index (χ1v) is 14.0. The second-order valence-electron chi connectivity index (χ2n) is 9.67. The monoisotopic (exact) mass is 439 g/mol. The lowest BCUT2D eigenvalue weighted by Gasteiger charge is -2.06. The van der Waals surface area contributed by atoms with E-state index in [-0.39, 0.29) is 0 Å². The summed E-state index contributed by atoms with van der Waals surface area (Å²) < 4.78 is 4.96. The second kappa shape index (κ2) is 17.9. The van der Waals surface area contributed by atoms with E-state index in [2.05, 4.69) is 65.7 Å². The van der Waals surface area contributed by atoms with E-state index < -0.39 is 0 Å². The highest BCUT2D eigenvalue weighted by atomic mass is 15.1. The van der Waals surface area contributed by atoms with Crippen LogP contribution < -0.4 is 4.57 Å². The molecule has 0 atom stereocenters. The van der Waals surface area contributed by atoms with Crippen molar-refractivity contribution in [1.82, 2.24) is 4.57 Å². The van der Waals surface area contributed by atoms with Crippen LogP contribution in [-0.4, -0.2) is 4.57 Å². The molecule has 32 heavy (non-hydrogen) atoms. The SMILES string of the molecule is CCCCCCCCCCC[n+]1ccn(-c2ccccc2)c1CCCCCCCCCC. The average Bonchev–Trinajstić information content (AvgIpc) is 3.23. The molecule has 2 aromatic rings. The quantitative estimate of drug-likeness (QED) is 0.144. The maximum absolute atomic E-state index is 2.54. The molecule has 0 aliphatic rings. The van der Waals surface area contributed by atoms with Gasteiger partial charge in [0.25, 0.3) is 5.82 Å². The normalized spacial score (nSPS) is 11.3. The number of nitrogens with zero attached hydrogens (tertiary/aromatic N) is 2. The fourth-order valence-electron chi connectivity index (χ4n) is 4.76. The van der Waals surface area contributed by atoms with Crippen LogP contribution in [0, 0.1) is 0 Å². The number of imidazole rings is 1. The first-order chi connectivity index (χ1) is 15.9. The lowest BCUT2D eigenvalue weighted by molar-refractivity contribution is -0.704. The molecule has 1 aromatic carbocycles. The Morgan fingerprint density at radius 3 is 1.66 bits per heavy atom. The predicted molar refractivity (Wildman–Crippen MR) is 140 cm³/mol. The zero-order chi connectivity index (χ0) is 22.7. The third-order valence-electron chi connectivity index (χ3n) is 6.80. The lowest BCUT2D eigenvalue weighted by atomic mass is 10.1. The number of rotatable bonds is 20. The standard InChI is InChI=1S/C30H51N2/c1-3-5-7-9-11-13-15-17-22-26-31-27-28-32(29-23-19-18-20-24-29)30(31)25-21-16-14-12-10-8-6-4-2/h18-20,23-24,27-28H,3-17,21-22,25-26H2,1-2H3/q+1. The van der Waals surface area contributed by atoms with Crippen molar-refractivity contribution in [3.05, 3.63) is 48.5 Å². The lowest BCUT2D eigenvalue weighted by Crippen LogP contribution is -2.37. The molecule has 2 heteroatoms. The molecule has 0 unspecified atom stereocenters. The summed E-state index contributed by atoms with van der Waals surface area (Å²) in [6.45, 7) is 5.76. The molecule has 0 fully saturated rings. The third-order valence-corrected chi connectivity index (χ3v) is 6.80. The van der Waals surface area contributed by atoms with Crippen LogP contribution >= 0.6 is 0 Å². The van der Waals surface area contributed by atoms with Crippen LogP contribution in [0.25, 0.3) is 5.69 Å². The molecule has 0 saturated heterocycles. The van der Waals surface area contributed by atoms with Crippen molar-refractivity contribution in [3.63, 3.8) is 0 Å². The maximum Gasteiger partial charge on any atom is 0.261 e. The van der Waals surface area contributed by atoms with Gasteiger partial charge in [0.1, 0.15) is 18.1 Å². The van der Waals surface area contributed by atoms with E-state index in [0.29, 0.717) is 0 Å². The van der Waals surface area contributed by atoms with Crippen LogP contribution in [0.5, 0.6) is 0 Å². The minimum atomic E-state index is 1.17. The van der Waals surface area contributed by atoms with Crippen molar-refractivity contribution in [2.24, 2.45) is 0 Å². The van der Waals surface area contributed by atoms with Crippen molar-refractivity contribution in [2.75, 3.05) is 0 Å². The van der Waals surface area contributed by atoms with Crippen molar-refractivity contribution in [2.45, 2.75) is 136 Å². The Bertz CT molecular complexity index is 673. The van der Waals surface area contributed by atoms with Crippen LogP contribution in [0.4, 0.5) is 0 Å². The zero-order valence-electron chi connectivity index (χ0n) is 21.4. The third kappa shape index (κ3) is 10.8. The highest BCUT2D eigenvalue weighted by Gasteiger charge is 2.18. The predicted octanol–water partition coefficient (Wildman–Crippen LogP) is 8.98. The van der Waals surface area contributed by atoms with Gasteiger partial charge in [-0.05, 0) is 31.4 Å². The number of aromatic nitrogens is 2. The summed E-state index contributed by atoms with van der Waals surface area (Å²) in [5.74, 6) is 1.49. The van der Waals surface area contributed by atoms with Crippen molar-refractivity contribution in [1.29, 1.82) is 0 Å². The van der Waals surface area contributed by atoms with E-state index in [1.165, 1.54) is 134 Å². The Morgan fingerprint density at radius 1 is 0.594 bits per heavy atom. The van der Waals surface area contributed by atoms with Gasteiger partial charge >= 0.3 is 0 Å². The molecule has 180 valence electrons. The van der Waals surface area contributed by atoms with Crippen LogP contribution in [0.2, 0.25) is 0 Å². The number of aryl methyl sites for hydroxylation is 1. The fraction of sp³-hybridized carbons (Fsp3) is 0.700. The minimum Gasteiger partial charge on any atom is -0.234 e. The first kappa shape index (κ1) is 26.7. The topological polar surface area (TPSA) is 8.81 Å². The number of hydrogen-bond acceptors (Lipinski definition) is 0. The van der Waals surface area contributed by atoms with Gasteiger partial charge in [0.05, 0.1) is 6.54 Å². The van der Waals surface area contributed by atoms with Gasteiger partial charge in [-0.25, -0.2) is 4.57 Å². The highest BCUT2D eigenvalue weighted by molar-refractivity contribution is 5.31.